The topological polar surface area (TPSA) is 142 Å². The van der Waals surface area contributed by atoms with Crippen molar-refractivity contribution < 1.29 is 40.6 Å². The molecule has 0 heterocycles. The van der Waals surface area contributed by atoms with Gasteiger partial charge in [0.15, 0.2) is 23.0 Å². The van der Waals surface area contributed by atoms with E-state index in [1.807, 2.05) is 12.1 Å². The molecule has 0 aliphatic heterocycles. The van der Waals surface area contributed by atoms with Crippen LogP contribution in [0.4, 0.5) is 0 Å². The van der Waals surface area contributed by atoms with Gasteiger partial charge in [-0.3, -0.25) is 0 Å². The van der Waals surface area contributed by atoms with Crippen molar-refractivity contribution in [2.75, 3.05) is 26.4 Å². The van der Waals surface area contributed by atoms with E-state index in [1.54, 1.807) is 24.3 Å². The Morgan fingerprint density at radius 3 is 0.741 bits per heavy atom. The number of rotatable bonds is 50. The molecule has 12 heteroatoms. The highest BCUT2D eigenvalue weighted by Crippen LogP contribution is 2.37. The van der Waals surface area contributed by atoms with Crippen LogP contribution in [0.2, 0.25) is 0 Å². The molecule has 0 amide bonds. The zero-order chi connectivity index (χ0) is 58.1. The first-order chi connectivity index (χ1) is 39.6. The molecule has 81 heavy (non-hydrogen) atoms. The summed E-state index contributed by atoms with van der Waals surface area (Å²) in [6, 6.07) is 16.1. The number of sulfone groups is 2. The lowest BCUT2D eigenvalue weighted by molar-refractivity contribution is 0.00380. The quantitative estimate of drug-likeness (QED) is 0.0140. The monoisotopic (exact) mass is 1160 g/mol. The summed E-state index contributed by atoms with van der Waals surface area (Å²) >= 11 is 0. The Bertz CT molecular complexity index is 2420. The van der Waals surface area contributed by atoms with E-state index >= 15 is 0 Å². The first-order valence-electron chi connectivity index (χ1n) is 33.0. The number of unbranched alkanes of at least 4 members (excludes halogenated alkanes) is 36. The van der Waals surface area contributed by atoms with Crippen molar-refractivity contribution >= 4 is 45.6 Å². The zero-order valence-corrected chi connectivity index (χ0v) is 53.0. The highest BCUT2D eigenvalue weighted by atomic mass is 32.3. The van der Waals surface area contributed by atoms with E-state index in [1.165, 1.54) is 217 Å². The molecule has 0 atom stereocenters. The van der Waals surface area contributed by atoms with Crippen LogP contribution in [-0.4, -0.2) is 52.4 Å². The van der Waals surface area contributed by atoms with Gasteiger partial charge in [-0.25, -0.2) is 16.8 Å². The van der Waals surface area contributed by atoms with Crippen molar-refractivity contribution in [1.29, 1.82) is 0 Å². The van der Waals surface area contributed by atoms with E-state index in [0.717, 1.165) is 64.2 Å². The molecule has 0 saturated heterocycles. The maximum absolute atomic E-state index is 14.4. The molecule has 0 aliphatic rings. The number of hydrogen-bond acceptors (Lipinski definition) is 8. The van der Waals surface area contributed by atoms with E-state index in [2.05, 4.69) is 32.5 Å². The standard InChI is InChI=1S/C69H110N2O8S2/c1-5-9-13-17-21-25-29-33-37-41-49-76-65-55-59-45-47-63(53-61(59)57-67(65)78-51-43-39-35-31-27-23-19-15-11-7-3)80(72,73)69(71-70)81(74,75)64-48-46-60-56-66(77-50-42-38-34-30-26-22-18-14-10-6-2)68(58-62(60)54-64)79-52-44-40-36-32-28-24-20-16-12-8-4/h45-48,53-58H,5-44,49-52H2,1-4H3. The molecule has 0 N–H and O–H groups in total. The molecule has 456 valence electrons. The average molecular weight is 1160 g/mol. The second-order valence-corrected chi connectivity index (χ2v) is 27.1. The Labute approximate surface area is 493 Å². The lowest BCUT2D eigenvalue weighted by Crippen LogP contribution is -2.26. The summed E-state index contributed by atoms with van der Waals surface area (Å²) < 4.78 is 81.8. The van der Waals surface area contributed by atoms with Gasteiger partial charge in [0, 0.05) is 0 Å². The fraction of sp³-hybridized carbons (Fsp3) is 0.696. The first-order valence-corrected chi connectivity index (χ1v) is 36.0. The van der Waals surface area contributed by atoms with Crippen LogP contribution in [0.15, 0.2) is 70.5 Å². The normalized spacial score (nSPS) is 11.9. The van der Waals surface area contributed by atoms with Crippen LogP contribution in [0, 0.1) is 0 Å². The first kappa shape index (κ1) is 69.4. The molecular formula is C69H110N2O8S2. The predicted octanol–water partition coefficient (Wildman–Crippen LogP) is 21.0. The molecular weight excluding hydrogens is 1050 g/mol. The molecule has 4 aromatic carbocycles. The molecule has 0 bridgehead atoms. The lowest BCUT2D eigenvalue weighted by atomic mass is 10.1. The number of ether oxygens (including phenoxy) is 4. The van der Waals surface area contributed by atoms with Gasteiger partial charge in [-0.1, -0.05) is 271 Å². The molecule has 0 aromatic heterocycles. The largest absolute Gasteiger partial charge is 0.504 e. The van der Waals surface area contributed by atoms with Gasteiger partial charge in [-0.15, -0.1) is 4.79 Å². The Hall–Kier alpha value is -4.12. The Morgan fingerprint density at radius 2 is 0.519 bits per heavy atom. The Kier molecular flexibility index (Phi) is 36.5. The lowest BCUT2D eigenvalue weighted by Gasteiger charge is -2.15. The number of fused-ring (bicyclic) bond motifs is 2. The van der Waals surface area contributed by atoms with Gasteiger partial charge in [-0.2, -0.15) is 0 Å². The number of hydrogen-bond donors (Lipinski definition) is 0. The third-order valence-electron chi connectivity index (χ3n) is 15.9. The highest BCUT2D eigenvalue weighted by Gasteiger charge is 2.44. The van der Waals surface area contributed by atoms with Gasteiger partial charge in [-0.05, 0) is 95.8 Å². The molecule has 10 nitrogen and oxygen atoms in total. The SMILES string of the molecule is CCCCCCCCCCCCOc1cc2ccc(S(=O)(=O)C(=[N+]=[N-])S(=O)(=O)c3ccc4cc(OCCCCCCCCCCCC)c(OCCCCCCCCCCCC)cc4c3)cc2cc1OCCCCCCCCCCCC. The van der Waals surface area contributed by atoms with Crippen molar-refractivity contribution in [1.82, 2.24) is 0 Å². The molecule has 0 unspecified atom stereocenters. The van der Waals surface area contributed by atoms with Gasteiger partial charge < -0.3 is 24.5 Å². The van der Waals surface area contributed by atoms with Gasteiger partial charge in [0.2, 0.25) is 0 Å². The number of benzene rings is 4. The Morgan fingerprint density at radius 1 is 0.309 bits per heavy atom. The predicted molar refractivity (Wildman–Crippen MR) is 340 cm³/mol. The second kappa shape index (κ2) is 42.6. The van der Waals surface area contributed by atoms with E-state index < -0.39 is 24.1 Å². The average Bonchev–Trinajstić information content (AvgIpc) is 3.47. The van der Waals surface area contributed by atoms with E-state index in [-0.39, 0.29) is 9.79 Å². The van der Waals surface area contributed by atoms with E-state index in [4.69, 9.17) is 18.9 Å². The summed E-state index contributed by atoms with van der Waals surface area (Å²) in [7, 11) is -9.74. The summed E-state index contributed by atoms with van der Waals surface area (Å²) in [6.07, 6.45) is 48.6. The van der Waals surface area contributed by atoms with E-state index in [0.29, 0.717) is 71.0 Å². The van der Waals surface area contributed by atoms with Crippen LogP contribution >= 0.6 is 0 Å². The van der Waals surface area contributed by atoms with Crippen LogP contribution in [0.1, 0.15) is 285 Å². The van der Waals surface area contributed by atoms with Crippen molar-refractivity contribution in [3.8, 4) is 23.0 Å². The molecule has 0 aliphatic carbocycles. The molecule has 0 radical (unpaired) electrons. The van der Waals surface area contributed by atoms with Gasteiger partial charge in [0.05, 0.1) is 36.2 Å². The molecule has 0 fully saturated rings. The summed E-state index contributed by atoms with van der Waals surface area (Å²) in [5.41, 5.74) is 10.3. The number of nitrogens with zero attached hydrogens (tertiary/aromatic N) is 2. The van der Waals surface area contributed by atoms with Crippen LogP contribution in [0.5, 0.6) is 23.0 Å². The molecule has 0 saturated carbocycles. The molecule has 0 spiro atoms. The van der Waals surface area contributed by atoms with Crippen molar-refractivity contribution in [2.45, 2.75) is 294 Å². The zero-order valence-electron chi connectivity index (χ0n) is 51.4. The van der Waals surface area contributed by atoms with Crippen LogP contribution < -0.4 is 18.9 Å². The minimum Gasteiger partial charge on any atom is -0.490 e. The minimum absolute atomic E-state index is 0.321. The van der Waals surface area contributed by atoms with Gasteiger partial charge >= 0.3 is 4.38 Å². The third kappa shape index (κ3) is 27.0. The van der Waals surface area contributed by atoms with Crippen molar-refractivity contribution in [3.05, 3.63) is 66.2 Å². The second-order valence-electron chi connectivity index (χ2n) is 23.1. The maximum Gasteiger partial charge on any atom is 0.504 e. The fourth-order valence-corrected chi connectivity index (χ4v) is 14.2. The molecule has 4 rings (SSSR count). The van der Waals surface area contributed by atoms with Crippen LogP contribution in [0.3, 0.4) is 0 Å². The third-order valence-corrected chi connectivity index (χ3v) is 20.1. The van der Waals surface area contributed by atoms with Crippen molar-refractivity contribution in [3.63, 3.8) is 0 Å². The van der Waals surface area contributed by atoms with Gasteiger partial charge in [0.25, 0.3) is 19.7 Å². The smallest absolute Gasteiger partial charge is 0.490 e. The summed E-state index contributed by atoms with van der Waals surface area (Å²) in [4.78, 5) is 2.36. The van der Waals surface area contributed by atoms with Gasteiger partial charge in [0.1, 0.15) is 0 Å². The molecule has 4 aromatic rings. The summed E-state index contributed by atoms with van der Waals surface area (Å²) in [5, 5.41) is 2.46. The van der Waals surface area contributed by atoms with Crippen LogP contribution in [0.25, 0.3) is 27.1 Å². The Balaban J connectivity index is 1.49. The highest BCUT2D eigenvalue weighted by molar-refractivity contribution is 8.31. The minimum atomic E-state index is -4.87. The van der Waals surface area contributed by atoms with E-state index in [9.17, 15) is 22.4 Å². The fourth-order valence-electron chi connectivity index (χ4n) is 10.8. The van der Waals surface area contributed by atoms with Crippen molar-refractivity contribution in [2.24, 2.45) is 0 Å². The summed E-state index contributed by atoms with van der Waals surface area (Å²) in [6.45, 7) is 11.0. The maximum atomic E-state index is 14.4. The summed E-state index contributed by atoms with van der Waals surface area (Å²) in [5.74, 6) is 2.22. The van der Waals surface area contributed by atoms with Crippen LogP contribution in [-0.2, 0) is 19.7 Å².